The van der Waals surface area contributed by atoms with Crippen LogP contribution in [-0.4, -0.2) is 75.3 Å². The number of carbonyl (C=O) groups excluding carboxylic acids is 2. The second-order valence-corrected chi connectivity index (χ2v) is 11.7. The molecule has 1 fully saturated rings. The van der Waals surface area contributed by atoms with Crippen molar-refractivity contribution in [2.24, 2.45) is 0 Å². The summed E-state index contributed by atoms with van der Waals surface area (Å²) in [6.07, 6.45) is 7.16. The van der Waals surface area contributed by atoms with Crippen LogP contribution in [0.15, 0.2) is 84.4 Å². The van der Waals surface area contributed by atoms with Crippen molar-refractivity contribution in [1.29, 1.82) is 0 Å². The summed E-state index contributed by atoms with van der Waals surface area (Å²) in [5, 5.41) is 3.18. The normalized spacial score (nSPS) is 14.0. The van der Waals surface area contributed by atoms with Crippen LogP contribution in [0.25, 0.3) is 6.08 Å². The van der Waals surface area contributed by atoms with Gasteiger partial charge in [0.2, 0.25) is 0 Å². The summed E-state index contributed by atoms with van der Waals surface area (Å²) in [7, 11) is 0. The number of piperazine rings is 1. The van der Waals surface area contributed by atoms with E-state index >= 15 is 0 Å². The van der Waals surface area contributed by atoms with Crippen LogP contribution in [0, 0.1) is 0 Å². The van der Waals surface area contributed by atoms with Gasteiger partial charge in [-0.25, -0.2) is 4.98 Å². The van der Waals surface area contributed by atoms with E-state index in [2.05, 4.69) is 40.7 Å². The van der Waals surface area contributed by atoms with Gasteiger partial charge in [0.1, 0.15) is 10.7 Å². The highest BCUT2D eigenvalue weighted by atomic mass is 35.5. The van der Waals surface area contributed by atoms with Crippen molar-refractivity contribution in [1.82, 2.24) is 24.3 Å². The van der Waals surface area contributed by atoms with E-state index in [-0.39, 0.29) is 11.8 Å². The van der Waals surface area contributed by atoms with E-state index in [9.17, 15) is 9.59 Å². The standard InChI is InChI=1S/C33H36ClN5O2S/c1-2-16-39(32(40)28-14-6-7-15-29(28)34)23-27-13-9-18-38(27)24-31-35-30(25-42-31)33(41)37-21-19-36(20-22-37)17-8-12-26-10-4-3-5-11-26/h3-15,18,25H,2,16-17,19-24H2,1H3/b12-8+. The van der Waals surface area contributed by atoms with Gasteiger partial charge in [-0.3, -0.25) is 14.5 Å². The molecule has 7 nitrogen and oxygen atoms in total. The number of hydrogen-bond donors (Lipinski definition) is 0. The van der Waals surface area contributed by atoms with E-state index in [0.29, 0.717) is 49.0 Å². The Morgan fingerprint density at radius 1 is 1.00 bits per heavy atom. The summed E-state index contributed by atoms with van der Waals surface area (Å²) in [6, 6.07) is 21.5. The van der Waals surface area contributed by atoms with Crippen LogP contribution in [0.4, 0.5) is 0 Å². The lowest BCUT2D eigenvalue weighted by Gasteiger charge is -2.33. The molecule has 0 unspecified atom stereocenters. The first-order valence-corrected chi connectivity index (χ1v) is 15.6. The van der Waals surface area contributed by atoms with Crippen molar-refractivity contribution in [3.8, 4) is 0 Å². The first-order valence-electron chi connectivity index (χ1n) is 14.4. The molecule has 0 aliphatic carbocycles. The molecule has 0 radical (unpaired) electrons. The van der Waals surface area contributed by atoms with Gasteiger partial charge in [0.05, 0.1) is 23.7 Å². The SMILES string of the molecule is CCCN(Cc1cccn1Cc1nc(C(=O)N2CCN(C/C=C/c3ccccc3)CC2)cs1)C(=O)c1ccccc1Cl. The van der Waals surface area contributed by atoms with Gasteiger partial charge >= 0.3 is 0 Å². The van der Waals surface area contributed by atoms with Crippen LogP contribution in [0.1, 0.15) is 50.5 Å². The van der Waals surface area contributed by atoms with Crippen LogP contribution >= 0.6 is 22.9 Å². The second-order valence-electron chi connectivity index (χ2n) is 10.4. The van der Waals surface area contributed by atoms with E-state index in [1.807, 2.05) is 63.8 Å². The predicted molar refractivity (Wildman–Crippen MR) is 170 cm³/mol. The Labute approximate surface area is 256 Å². The third kappa shape index (κ3) is 7.56. The number of nitrogens with zero attached hydrogens (tertiary/aromatic N) is 5. The van der Waals surface area contributed by atoms with Crippen LogP contribution < -0.4 is 0 Å². The van der Waals surface area contributed by atoms with Crippen molar-refractivity contribution in [2.45, 2.75) is 26.4 Å². The highest BCUT2D eigenvalue weighted by Crippen LogP contribution is 2.21. The number of rotatable bonds is 11. The lowest BCUT2D eigenvalue weighted by atomic mass is 10.2. The van der Waals surface area contributed by atoms with Crippen molar-refractivity contribution >= 4 is 40.8 Å². The third-order valence-electron chi connectivity index (χ3n) is 7.37. The van der Waals surface area contributed by atoms with E-state index < -0.39 is 0 Å². The molecule has 0 bridgehead atoms. The summed E-state index contributed by atoms with van der Waals surface area (Å²) in [5.41, 5.74) is 3.21. The van der Waals surface area contributed by atoms with Gasteiger partial charge < -0.3 is 14.4 Å². The van der Waals surface area contributed by atoms with Crippen molar-refractivity contribution in [3.05, 3.63) is 117 Å². The molecule has 1 saturated heterocycles. The van der Waals surface area contributed by atoms with Gasteiger partial charge in [-0.15, -0.1) is 11.3 Å². The minimum Gasteiger partial charge on any atom is -0.343 e. The number of aromatic nitrogens is 2. The van der Waals surface area contributed by atoms with Crippen molar-refractivity contribution in [2.75, 3.05) is 39.3 Å². The summed E-state index contributed by atoms with van der Waals surface area (Å²) < 4.78 is 2.09. The molecule has 2 amide bonds. The molecule has 0 atom stereocenters. The summed E-state index contributed by atoms with van der Waals surface area (Å²) >= 11 is 7.82. The minimum atomic E-state index is -0.0790. The van der Waals surface area contributed by atoms with E-state index in [1.54, 1.807) is 12.1 Å². The van der Waals surface area contributed by atoms with Crippen LogP contribution in [0.2, 0.25) is 5.02 Å². The first-order chi connectivity index (χ1) is 20.5. The fraction of sp³-hybridized carbons (Fsp3) is 0.303. The number of amides is 2. The maximum Gasteiger partial charge on any atom is 0.273 e. The smallest absolute Gasteiger partial charge is 0.273 e. The molecule has 2 aromatic heterocycles. The number of hydrogen-bond acceptors (Lipinski definition) is 5. The van der Waals surface area contributed by atoms with Gasteiger partial charge in [0.25, 0.3) is 11.8 Å². The molecule has 2 aromatic carbocycles. The maximum atomic E-state index is 13.3. The lowest BCUT2D eigenvalue weighted by Crippen LogP contribution is -2.48. The van der Waals surface area contributed by atoms with Gasteiger partial charge in [-0.2, -0.15) is 0 Å². The van der Waals surface area contributed by atoms with Crippen molar-refractivity contribution < 1.29 is 9.59 Å². The quantitative estimate of drug-likeness (QED) is 0.206. The highest BCUT2D eigenvalue weighted by Gasteiger charge is 2.24. The van der Waals surface area contributed by atoms with Gasteiger partial charge in [0, 0.05) is 56.5 Å². The first kappa shape index (κ1) is 29.8. The number of carbonyl (C=O) groups is 2. The minimum absolute atomic E-state index is 0.0100. The topological polar surface area (TPSA) is 61.7 Å². The second kappa shape index (κ2) is 14.4. The molecule has 0 spiro atoms. The fourth-order valence-electron chi connectivity index (χ4n) is 5.10. The van der Waals surface area contributed by atoms with Crippen LogP contribution in [0.3, 0.4) is 0 Å². The highest BCUT2D eigenvalue weighted by molar-refractivity contribution is 7.09. The molecular weight excluding hydrogens is 566 g/mol. The molecule has 4 aromatic rings. The molecule has 1 aliphatic heterocycles. The molecule has 9 heteroatoms. The molecular formula is C33H36ClN5O2S. The number of halogens is 1. The Morgan fingerprint density at radius 3 is 2.52 bits per heavy atom. The number of benzene rings is 2. The summed E-state index contributed by atoms with van der Waals surface area (Å²) in [4.78, 5) is 37.3. The zero-order valence-corrected chi connectivity index (χ0v) is 25.4. The van der Waals surface area contributed by atoms with Crippen LogP contribution in [-0.2, 0) is 13.1 Å². The Hall–Kier alpha value is -3.72. The zero-order valence-electron chi connectivity index (χ0n) is 23.9. The summed E-state index contributed by atoms with van der Waals surface area (Å²) in [6.45, 7) is 7.64. The maximum absolute atomic E-state index is 13.3. The molecule has 0 saturated carbocycles. The van der Waals surface area contributed by atoms with Gasteiger partial charge in [-0.1, -0.05) is 73.1 Å². The largest absolute Gasteiger partial charge is 0.343 e. The lowest BCUT2D eigenvalue weighted by molar-refractivity contribution is 0.0644. The van der Waals surface area contributed by atoms with Gasteiger partial charge in [-0.05, 0) is 36.2 Å². The molecule has 0 N–H and O–H groups in total. The molecule has 5 rings (SSSR count). The van der Waals surface area contributed by atoms with Crippen LogP contribution in [0.5, 0.6) is 0 Å². The van der Waals surface area contributed by atoms with E-state index in [4.69, 9.17) is 16.6 Å². The summed E-state index contributed by atoms with van der Waals surface area (Å²) in [5.74, 6) is -0.0891. The third-order valence-corrected chi connectivity index (χ3v) is 8.53. The van der Waals surface area contributed by atoms with E-state index in [0.717, 1.165) is 36.8 Å². The zero-order chi connectivity index (χ0) is 29.3. The molecule has 42 heavy (non-hydrogen) atoms. The monoisotopic (exact) mass is 601 g/mol. The Bertz CT molecular complexity index is 1510. The average molecular weight is 602 g/mol. The average Bonchev–Trinajstić information content (AvgIpc) is 3.67. The van der Waals surface area contributed by atoms with Crippen molar-refractivity contribution in [3.63, 3.8) is 0 Å². The Balaban J connectivity index is 1.16. The Kier molecular flexibility index (Phi) is 10.2. The molecule has 1 aliphatic rings. The fourth-order valence-corrected chi connectivity index (χ4v) is 6.08. The Morgan fingerprint density at radius 2 is 1.76 bits per heavy atom. The predicted octanol–water partition coefficient (Wildman–Crippen LogP) is 6.17. The molecule has 218 valence electrons. The van der Waals surface area contributed by atoms with Gasteiger partial charge in [0.15, 0.2) is 0 Å². The van der Waals surface area contributed by atoms with E-state index in [1.165, 1.54) is 16.9 Å². The molecule has 3 heterocycles. The number of thiazole rings is 1.